The van der Waals surface area contributed by atoms with Gasteiger partial charge in [0.05, 0.1) is 19.0 Å². The molecule has 1 N–H and O–H groups in total. The van der Waals surface area contributed by atoms with E-state index in [0.29, 0.717) is 0 Å². The molecule has 0 aliphatic heterocycles. The molecule has 17 heavy (non-hydrogen) atoms. The summed E-state index contributed by atoms with van der Waals surface area (Å²) in [5.74, 6) is 0.781. The number of nitrogens with zero attached hydrogens (tertiary/aromatic N) is 1. The van der Waals surface area contributed by atoms with Crippen molar-refractivity contribution in [3.63, 3.8) is 0 Å². The number of rotatable bonds is 4. The van der Waals surface area contributed by atoms with Crippen molar-refractivity contribution < 1.29 is 4.74 Å². The maximum Gasteiger partial charge on any atom is 0.160 e. The lowest BCUT2D eigenvalue weighted by atomic mass is 10.2. The standard InChI is InChI=1S/C13H16N2OS/c1-9-7-17-8-11(9)5-15-12-4-10(2)14-6-13(12)16-3/h4,6-8H,5H2,1-3H3,(H,14,15). The van der Waals surface area contributed by atoms with Gasteiger partial charge in [-0.2, -0.15) is 11.3 Å². The van der Waals surface area contributed by atoms with Crippen molar-refractivity contribution in [2.45, 2.75) is 20.4 Å². The van der Waals surface area contributed by atoms with Crippen molar-refractivity contribution >= 4 is 17.0 Å². The van der Waals surface area contributed by atoms with E-state index in [0.717, 1.165) is 23.7 Å². The van der Waals surface area contributed by atoms with Crippen molar-refractivity contribution in [3.05, 3.63) is 39.8 Å². The minimum absolute atomic E-state index is 0.781. The normalized spacial score (nSPS) is 10.3. The van der Waals surface area contributed by atoms with E-state index in [1.54, 1.807) is 24.6 Å². The fourth-order valence-corrected chi connectivity index (χ4v) is 2.46. The minimum Gasteiger partial charge on any atom is -0.493 e. The van der Waals surface area contributed by atoms with Crippen LogP contribution in [-0.2, 0) is 6.54 Å². The molecular weight excluding hydrogens is 232 g/mol. The number of aromatic nitrogens is 1. The molecule has 0 unspecified atom stereocenters. The molecule has 0 saturated carbocycles. The Labute approximate surface area is 105 Å². The largest absolute Gasteiger partial charge is 0.493 e. The third-order valence-electron chi connectivity index (χ3n) is 2.65. The number of anilines is 1. The van der Waals surface area contributed by atoms with Gasteiger partial charge < -0.3 is 10.1 Å². The fourth-order valence-electron chi connectivity index (χ4n) is 1.61. The Bertz CT molecular complexity index is 508. The van der Waals surface area contributed by atoms with Crippen LogP contribution in [0.15, 0.2) is 23.0 Å². The highest BCUT2D eigenvalue weighted by atomic mass is 32.1. The van der Waals surface area contributed by atoms with Gasteiger partial charge in [-0.05, 0) is 41.8 Å². The van der Waals surface area contributed by atoms with Gasteiger partial charge in [0.1, 0.15) is 0 Å². The Hall–Kier alpha value is -1.55. The van der Waals surface area contributed by atoms with Crippen LogP contribution in [0.3, 0.4) is 0 Å². The van der Waals surface area contributed by atoms with E-state index < -0.39 is 0 Å². The summed E-state index contributed by atoms with van der Waals surface area (Å²) in [7, 11) is 1.66. The lowest BCUT2D eigenvalue weighted by Crippen LogP contribution is -2.02. The Balaban J connectivity index is 2.13. The summed E-state index contributed by atoms with van der Waals surface area (Å²) in [5, 5.41) is 7.72. The first kappa shape index (κ1) is 11.9. The van der Waals surface area contributed by atoms with Crippen molar-refractivity contribution in [3.8, 4) is 5.75 Å². The smallest absolute Gasteiger partial charge is 0.160 e. The van der Waals surface area contributed by atoms with Crippen LogP contribution in [0.5, 0.6) is 5.75 Å². The number of hydrogen-bond donors (Lipinski definition) is 1. The maximum atomic E-state index is 5.28. The average Bonchev–Trinajstić information content (AvgIpc) is 2.72. The highest BCUT2D eigenvalue weighted by Crippen LogP contribution is 2.25. The summed E-state index contributed by atoms with van der Waals surface area (Å²) < 4.78 is 5.28. The van der Waals surface area contributed by atoms with Crippen molar-refractivity contribution in [1.82, 2.24) is 4.98 Å². The molecule has 2 aromatic rings. The lowest BCUT2D eigenvalue weighted by Gasteiger charge is -2.11. The molecule has 2 heterocycles. The molecule has 0 fully saturated rings. The van der Waals surface area contributed by atoms with E-state index in [1.165, 1.54) is 11.1 Å². The highest BCUT2D eigenvalue weighted by molar-refractivity contribution is 7.08. The quantitative estimate of drug-likeness (QED) is 0.900. The molecule has 2 aromatic heterocycles. The topological polar surface area (TPSA) is 34.1 Å². The Morgan fingerprint density at radius 1 is 1.35 bits per heavy atom. The molecule has 0 aromatic carbocycles. The Morgan fingerprint density at radius 2 is 2.18 bits per heavy atom. The van der Waals surface area contributed by atoms with Gasteiger partial charge in [-0.15, -0.1) is 0 Å². The van der Waals surface area contributed by atoms with Crippen LogP contribution < -0.4 is 10.1 Å². The molecule has 0 spiro atoms. The Kier molecular flexibility index (Phi) is 3.64. The van der Waals surface area contributed by atoms with Crippen LogP contribution in [0.4, 0.5) is 5.69 Å². The van der Waals surface area contributed by atoms with Gasteiger partial charge in [0.2, 0.25) is 0 Å². The summed E-state index contributed by atoms with van der Waals surface area (Å²) >= 11 is 1.73. The van der Waals surface area contributed by atoms with E-state index in [9.17, 15) is 0 Å². The minimum atomic E-state index is 0.781. The lowest BCUT2D eigenvalue weighted by molar-refractivity contribution is 0.414. The fraction of sp³-hybridized carbons (Fsp3) is 0.308. The van der Waals surface area contributed by atoms with Crippen molar-refractivity contribution in [2.75, 3.05) is 12.4 Å². The monoisotopic (exact) mass is 248 g/mol. The van der Waals surface area contributed by atoms with E-state index in [2.05, 4.69) is 28.0 Å². The molecule has 2 rings (SSSR count). The molecule has 0 bridgehead atoms. The van der Waals surface area contributed by atoms with Crippen molar-refractivity contribution in [2.24, 2.45) is 0 Å². The first-order valence-corrected chi connectivity index (χ1v) is 6.41. The summed E-state index contributed by atoms with van der Waals surface area (Å²) in [4.78, 5) is 4.21. The summed E-state index contributed by atoms with van der Waals surface area (Å²) in [6.07, 6.45) is 1.75. The summed E-state index contributed by atoms with van der Waals surface area (Å²) in [5.41, 5.74) is 4.62. The number of ether oxygens (including phenoxy) is 1. The van der Waals surface area contributed by atoms with Crippen LogP contribution in [-0.4, -0.2) is 12.1 Å². The predicted octanol–water partition coefficient (Wildman–Crippen LogP) is 3.38. The van der Waals surface area contributed by atoms with Crippen LogP contribution in [0, 0.1) is 13.8 Å². The van der Waals surface area contributed by atoms with E-state index in [4.69, 9.17) is 4.74 Å². The zero-order chi connectivity index (χ0) is 12.3. The van der Waals surface area contributed by atoms with Gasteiger partial charge in [0.15, 0.2) is 5.75 Å². The third-order valence-corrected chi connectivity index (χ3v) is 3.57. The van der Waals surface area contributed by atoms with E-state index in [-0.39, 0.29) is 0 Å². The van der Waals surface area contributed by atoms with Gasteiger partial charge in [0.25, 0.3) is 0 Å². The van der Waals surface area contributed by atoms with Crippen LogP contribution in [0.1, 0.15) is 16.8 Å². The number of aryl methyl sites for hydroxylation is 2. The second kappa shape index (κ2) is 5.19. The first-order valence-electron chi connectivity index (χ1n) is 5.47. The van der Waals surface area contributed by atoms with Gasteiger partial charge >= 0.3 is 0 Å². The number of pyridine rings is 1. The van der Waals surface area contributed by atoms with Crippen LogP contribution in [0.2, 0.25) is 0 Å². The van der Waals surface area contributed by atoms with Gasteiger partial charge in [0, 0.05) is 12.2 Å². The number of hydrogen-bond acceptors (Lipinski definition) is 4. The molecule has 4 heteroatoms. The Morgan fingerprint density at radius 3 is 2.82 bits per heavy atom. The maximum absolute atomic E-state index is 5.28. The number of thiophene rings is 1. The molecule has 0 aliphatic rings. The summed E-state index contributed by atoms with van der Waals surface area (Å²) in [6, 6.07) is 2.00. The third kappa shape index (κ3) is 2.77. The highest BCUT2D eigenvalue weighted by Gasteiger charge is 2.05. The van der Waals surface area contributed by atoms with Gasteiger partial charge in [-0.3, -0.25) is 4.98 Å². The molecule has 0 atom stereocenters. The average molecular weight is 248 g/mol. The number of nitrogens with one attached hydrogen (secondary N) is 1. The van der Waals surface area contributed by atoms with Crippen LogP contribution >= 0.6 is 11.3 Å². The second-order valence-corrected chi connectivity index (χ2v) is 4.70. The van der Waals surface area contributed by atoms with Crippen LogP contribution in [0.25, 0.3) is 0 Å². The molecule has 90 valence electrons. The summed E-state index contributed by atoms with van der Waals surface area (Å²) in [6.45, 7) is 4.91. The van der Waals surface area contributed by atoms with E-state index >= 15 is 0 Å². The molecular formula is C13H16N2OS. The van der Waals surface area contributed by atoms with Gasteiger partial charge in [-0.25, -0.2) is 0 Å². The van der Waals surface area contributed by atoms with E-state index in [1.807, 2.05) is 13.0 Å². The zero-order valence-electron chi connectivity index (χ0n) is 10.3. The SMILES string of the molecule is COc1cnc(C)cc1NCc1cscc1C. The second-order valence-electron chi connectivity index (χ2n) is 3.96. The molecule has 0 aliphatic carbocycles. The number of methoxy groups -OCH3 is 1. The first-order chi connectivity index (χ1) is 8.20. The van der Waals surface area contributed by atoms with Gasteiger partial charge in [-0.1, -0.05) is 0 Å². The molecule has 0 saturated heterocycles. The molecule has 3 nitrogen and oxygen atoms in total. The predicted molar refractivity (Wildman–Crippen MR) is 71.9 cm³/mol. The zero-order valence-corrected chi connectivity index (χ0v) is 11.1. The molecule has 0 radical (unpaired) electrons. The molecule has 0 amide bonds. The van der Waals surface area contributed by atoms with Crippen molar-refractivity contribution in [1.29, 1.82) is 0 Å².